The summed E-state index contributed by atoms with van der Waals surface area (Å²) in [6.45, 7) is 4.24. The maximum Gasteiger partial charge on any atom is 0.0466 e. The lowest BCUT2D eigenvalue weighted by atomic mass is 10.1. The van der Waals surface area contributed by atoms with E-state index in [9.17, 15) is 0 Å². The highest BCUT2D eigenvalue weighted by atomic mass is 14.9. The molecule has 3 heteroatoms. The lowest BCUT2D eigenvalue weighted by Crippen LogP contribution is -1.97. The number of nitrogens with one attached hydrogen (secondary N) is 1. The minimum atomic E-state index is 0.750. The van der Waals surface area contributed by atoms with E-state index in [0.717, 1.165) is 27.8 Å². The topological polar surface area (TPSA) is 50.9 Å². The van der Waals surface area contributed by atoms with Crippen molar-refractivity contribution >= 4 is 27.8 Å². The first-order valence-corrected chi connectivity index (χ1v) is 6.62. The molecule has 0 amide bonds. The van der Waals surface area contributed by atoms with E-state index in [1.165, 1.54) is 11.1 Å². The summed E-state index contributed by atoms with van der Waals surface area (Å²) in [5.74, 6) is 0. The molecule has 0 aliphatic rings. The van der Waals surface area contributed by atoms with E-state index in [2.05, 4.69) is 42.3 Å². The molecule has 0 unspecified atom stereocenters. The van der Waals surface area contributed by atoms with Crippen LogP contribution in [0.15, 0.2) is 48.8 Å². The Balaban J connectivity index is 2.12. The number of hydrogen-bond donors (Lipinski definition) is 2. The summed E-state index contributed by atoms with van der Waals surface area (Å²) in [6.07, 6.45) is 3.59. The van der Waals surface area contributed by atoms with Gasteiger partial charge in [0.25, 0.3) is 0 Å². The minimum absolute atomic E-state index is 0.750. The van der Waals surface area contributed by atoms with Crippen LogP contribution in [0.25, 0.3) is 10.8 Å². The van der Waals surface area contributed by atoms with E-state index in [1.807, 2.05) is 18.2 Å². The minimum Gasteiger partial charge on any atom is -0.398 e. The average molecular weight is 263 g/mol. The van der Waals surface area contributed by atoms with Crippen molar-refractivity contribution in [2.75, 3.05) is 11.1 Å². The van der Waals surface area contributed by atoms with Gasteiger partial charge in [0.2, 0.25) is 0 Å². The molecule has 0 spiro atoms. The van der Waals surface area contributed by atoms with Crippen LogP contribution in [-0.2, 0) is 0 Å². The quantitative estimate of drug-likeness (QED) is 0.682. The first-order valence-electron chi connectivity index (χ1n) is 6.62. The van der Waals surface area contributed by atoms with Crippen molar-refractivity contribution in [2.45, 2.75) is 13.8 Å². The third-order valence-electron chi connectivity index (χ3n) is 3.73. The third kappa shape index (κ3) is 2.07. The molecule has 0 atom stereocenters. The first-order chi connectivity index (χ1) is 9.66. The Morgan fingerprint density at radius 2 is 1.80 bits per heavy atom. The fraction of sp³-hybridized carbons (Fsp3) is 0.118. The molecule has 1 aromatic heterocycles. The second kappa shape index (κ2) is 4.85. The van der Waals surface area contributed by atoms with Gasteiger partial charge in [-0.3, -0.25) is 4.98 Å². The number of hydrogen-bond acceptors (Lipinski definition) is 3. The highest BCUT2D eigenvalue weighted by molar-refractivity contribution is 6.01. The number of nitrogen functional groups attached to an aromatic ring is 1. The Kier molecular flexibility index (Phi) is 3.03. The summed E-state index contributed by atoms with van der Waals surface area (Å²) in [5.41, 5.74) is 11.4. The smallest absolute Gasteiger partial charge is 0.0466 e. The van der Waals surface area contributed by atoms with Crippen molar-refractivity contribution < 1.29 is 0 Å². The predicted octanol–water partition coefficient (Wildman–Crippen LogP) is 4.18. The maximum atomic E-state index is 6.00. The molecule has 3 aromatic rings. The Hall–Kier alpha value is -2.55. The number of pyridine rings is 1. The van der Waals surface area contributed by atoms with Crippen LogP contribution in [-0.4, -0.2) is 4.98 Å². The van der Waals surface area contributed by atoms with Crippen LogP contribution in [0.4, 0.5) is 17.1 Å². The lowest BCUT2D eigenvalue weighted by molar-refractivity contribution is 1.33. The van der Waals surface area contributed by atoms with Crippen LogP contribution in [0.3, 0.4) is 0 Å². The monoisotopic (exact) mass is 263 g/mol. The normalized spacial score (nSPS) is 10.7. The van der Waals surface area contributed by atoms with Crippen molar-refractivity contribution in [3.8, 4) is 0 Å². The second-order valence-electron chi connectivity index (χ2n) is 5.00. The predicted molar refractivity (Wildman–Crippen MR) is 85.4 cm³/mol. The van der Waals surface area contributed by atoms with Crippen LogP contribution < -0.4 is 11.1 Å². The molecular weight excluding hydrogens is 246 g/mol. The van der Waals surface area contributed by atoms with Crippen LogP contribution in [0.1, 0.15) is 11.1 Å². The Bertz CT molecular complexity index is 778. The largest absolute Gasteiger partial charge is 0.398 e. The average Bonchev–Trinajstić information content (AvgIpc) is 2.47. The molecule has 0 fully saturated rings. The fourth-order valence-electron chi connectivity index (χ4n) is 2.35. The summed E-state index contributed by atoms with van der Waals surface area (Å²) >= 11 is 0. The molecule has 2 aromatic carbocycles. The van der Waals surface area contributed by atoms with Gasteiger partial charge in [-0.2, -0.15) is 0 Å². The van der Waals surface area contributed by atoms with Crippen molar-refractivity contribution in [1.29, 1.82) is 0 Å². The van der Waals surface area contributed by atoms with Gasteiger partial charge < -0.3 is 11.1 Å². The zero-order valence-corrected chi connectivity index (χ0v) is 11.6. The van der Waals surface area contributed by atoms with Crippen molar-refractivity contribution in [1.82, 2.24) is 4.98 Å². The standard InChI is InChI=1S/C17H17N3/c1-11-4-3-5-16(12(11)2)20-17-7-6-15(18)14-10-19-9-8-13(14)17/h3-10,20H,18H2,1-2H3. The molecule has 1 heterocycles. The summed E-state index contributed by atoms with van der Waals surface area (Å²) < 4.78 is 0. The number of nitrogens with two attached hydrogens (primary N) is 1. The molecule has 0 radical (unpaired) electrons. The molecule has 3 N–H and O–H groups in total. The SMILES string of the molecule is Cc1cccc(Nc2ccc(N)c3cnccc23)c1C. The zero-order valence-electron chi connectivity index (χ0n) is 11.6. The van der Waals surface area contributed by atoms with E-state index >= 15 is 0 Å². The van der Waals surface area contributed by atoms with E-state index < -0.39 is 0 Å². The van der Waals surface area contributed by atoms with Crippen LogP contribution >= 0.6 is 0 Å². The van der Waals surface area contributed by atoms with Crippen LogP contribution in [0, 0.1) is 13.8 Å². The van der Waals surface area contributed by atoms with E-state index in [4.69, 9.17) is 5.73 Å². The second-order valence-corrected chi connectivity index (χ2v) is 5.00. The molecule has 0 aliphatic heterocycles. The van der Waals surface area contributed by atoms with Gasteiger partial charge in [0.05, 0.1) is 0 Å². The molecule has 20 heavy (non-hydrogen) atoms. The number of rotatable bonds is 2. The van der Waals surface area contributed by atoms with Gasteiger partial charge >= 0.3 is 0 Å². The molecule has 0 saturated carbocycles. The molecular formula is C17H17N3. The molecule has 100 valence electrons. The Morgan fingerprint density at radius 3 is 2.65 bits per heavy atom. The molecule has 0 aliphatic carbocycles. The van der Waals surface area contributed by atoms with Gasteiger partial charge in [0.1, 0.15) is 0 Å². The molecule has 3 rings (SSSR count). The molecule has 0 saturated heterocycles. The highest BCUT2D eigenvalue weighted by Crippen LogP contribution is 2.31. The fourth-order valence-corrected chi connectivity index (χ4v) is 2.35. The van der Waals surface area contributed by atoms with Crippen molar-refractivity contribution in [3.05, 3.63) is 59.9 Å². The lowest BCUT2D eigenvalue weighted by Gasteiger charge is -2.14. The Labute approximate surface area is 118 Å². The Morgan fingerprint density at radius 1 is 0.950 bits per heavy atom. The van der Waals surface area contributed by atoms with E-state index in [0.29, 0.717) is 0 Å². The van der Waals surface area contributed by atoms with Crippen molar-refractivity contribution in [3.63, 3.8) is 0 Å². The van der Waals surface area contributed by atoms with Crippen molar-refractivity contribution in [2.24, 2.45) is 0 Å². The summed E-state index contributed by atoms with van der Waals surface area (Å²) in [5, 5.41) is 5.56. The molecule has 3 nitrogen and oxygen atoms in total. The number of aryl methyl sites for hydroxylation is 1. The van der Waals surface area contributed by atoms with Gasteiger partial charge in [0, 0.05) is 40.2 Å². The summed E-state index contributed by atoms with van der Waals surface area (Å²) in [6, 6.07) is 12.2. The van der Waals surface area contributed by atoms with E-state index in [1.54, 1.807) is 12.4 Å². The molecule has 0 bridgehead atoms. The van der Waals surface area contributed by atoms with Crippen LogP contribution in [0.5, 0.6) is 0 Å². The zero-order chi connectivity index (χ0) is 14.1. The third-order valence-corrected chi connectivity index (χ3v) is 3.73. The summed E-state index contributed by atoms with van der Waals surface area (Å²) in [4.78, 5) is 4.15. The first kappa shape index (κ1) is 12.5. The van der Waals surface area contributed by atoms with Gasteiger partial charge in [-0.1, -0.05) is 12.1 Å². The summed E-state index contributed by atoms with van der Waals surface area (Å²) in [7, 11) is 0. The van der Waals surface area contributed by atoms with Gasteiger partial charge in [0.15, 0.2) is 0 Å². The number of nitrogens with zero attached hydrogens (tertiary/aromatic N) is 1. The number of fused-ring (bicyclic) bond motifs is 1. The maximum absolute atomic E-state index is 6.00. The van der Waals surface area contributed by atoms with Gasteiger partial charge in [-0.15, -0.1) is 0 Å². The van der Waals surface area contributed by atoms with Gasteiger partial charge in [-0.25, -0.2) is 0 Å². The van der Waals surface area contributed by atoms with Crippen LogP contribution in [0.2, 0.25) is 0 Å². The number of benzene rings is 2. The number of aromatic nitrogens is 1. The highest BCUT2D eigenvalue weighted by Gasteiger charge is 2.06. The van der Waals surface area contributed by atoms with E-state index in [-0.39, 0.29) is 0 Å². The van der Waals surface area contributed by atoms with Gasteiger partial charge in [-0.05, 0) is 49.2 Å². The number of anilines is 3.